The lowest BCUT2D eigenvalue weighted by atomic mass is 10.0. The Hall–Kier alpha value is -2.42. The van der Waals surface area contributed by atoms with Gasteiger partial charge in [-0.1, -0.05) is 24.3 Å². The minimum absolute atomic E-state index is 0.488. The van der Waals surface area contributed by atoms with Crippen molar-refractivity contribution in [2.45, 2.75) is 0 Å². The lowest BCUT2D eigenvalue weighted by molar-refractivity contribution is 0.416. The van der Waals surface area contributed by atoms with Gasteiger partial charge in [0.25, 0.3) is 0 Å². The summed E-state index contributed by atoms with van der Waals surface area (Å²) in [6.07, 6.45) is 1.47. The number of nitrogens with zero attached hydrogens (tertiary/aromatic N) is 2. The minimum Gasteiger partial charge on any atom is -0.496 e. The van der Waals surface area contributed by atoms with E-state index in [0.717, 1.165) is 27.8 Å². The first-order valence-electron chi connectivity index (χ1n) is 5.93. The van der Waals surface area contributed by atoms with E-state index in [1.807, 2.05) is 42.5 Å². The number of rotatable bonds is 2. The summed E-state index contributed by atoms with van der Waals surface area (Å²) in [6, 6.07) is 13.8. The molecule has 0 amide bonds. The first-order valence-corrected chi connectivity index (χ1v) is 5.93. The predicted molar refractivity (Wildman–Crippen MR) is 74.9 cm³/mol. The van der Waals surface area contributed by atoms with Crippen LogP contribution in [-0.4, -0.2) is 17.1 Å². The molecule has 1 aromatic heterocycles. The van der Waals surface area contributed by atoms with Crippen LogP contribution in [-0.2, 0) is 0 Å². The molecule has 0 N–H and O–H groups in total. The average molecular weight is 248 g/mol. The quantitative estimate of drug-likeness (QED) is 0.697. The van der Waals surface area contributed by atoms with Gasteiger partial charge in [0.1, 0.15) is 12.1 Å². The molecule has 0 saturated heterocycles. The van der Waals surface area contributed by atoms with Crippen LogP contribution >= 0.6 is 0 Å². The lowest BCUT2D eigenvalue weighted by Gasteiger charge is -2.09. The van der Waals surface area contributed by atoms with Gasteiger partial charge in [0.05, 0.1) is 18.3 Å². The molecule has 3 aromatic rings. The number of ether oxygens (including phenoxy) is 1. The van der Waals surface area contributed by atoms with Crippen molar-refractivity contribution in [2.24, 2.45) is 0 Å². The van der Waals surface area contributed by atoms with Gasteiger partial charge in [-0.2, -0.15) is 0 Å². The first-order chi connectivity index (χ1) is 9.29. The molecule has 0 aliphatic rings. The van der Waals surface area contributed by atoms with E-state index in [0.29, 0.717) is 5.69 Å². The third kappa shape index (κ3) is 2.03. The van der Waals surface area contributed by atoms with Crippen molar-refractivity contribution in [2.75, 3.05) is 7.11 Å². The molecular formula is C16H12N2O. The van der Waals surface area contributed by atoms with Gasteiger partial charge < -0.3 is 4.74 Å². The zero-order chi connectivity index (χ0) is 13.2. The van der Waals surface area contributed by atoms with Crippen LogP contribution in [0, 0.1) is 6.92 Å². The highest BCUT2D eigenvalue weighted by molar-refractivity contribution is 5.87. The number of hydrogen-bond acceptors (Lipinski definition) is 3. The van der Waals surface area contributed by atoms with Crippen molar-refractivity contribution < 1.29 is 4.74 Å². The molecule has 0 aliphatic heterocycles. The maximum Gasteiger partial charge on any atom is 0.126 e. The fourth-order valence-electron chi connectivity index (χ4n) is 2.13. The second-order valence-corrected chi connectivity index (χ2v) is 4.19. The van der Waals surface area contributed by atoms with Gasteiger partial charge in [-0.25, -0.2) is 9.97 Å². The fraction of sp³-hybridized carbons (Fsp3) is 0.0625. The zero-order valence-electron chi connectivity index (χ0n) is 10.5. The largest absolute Gasteiger partial charge is 0.496 e. The van der Waals surface area contributed by atoms with Crippen molar-refractivity contribution in [3.8, 4) is 16.9 Å². The van der Waals surface area contributed by atoms with Crippen LogP contribution in [0.4, 0.5) is 0 Å². The summed E-state index contributed by atoms with van der Waals surface area (Å²) in [5, 5.41) is 0.853. The first kappa shape index (κ1) is 11.7. The maximum absolute atomic E-state index is 5.89. The molecule has 19 heavy (non-hydrogen) atoms. The number of hydrogen-bond donors (Lipinski definition) is 0. The lowest BCUT2D eigenvalue weighted by Crippen LogP contribution is -1.90. The summed E-state index contributed by atoms with van der Waals surface area (Å²) >= 11 is 0. The summed E-state index contributed by atoms with van der Waals surface area (Å²) in [6.45, 7) is 5.89. The van der Waals surface area contributed by atoms with Crippen LogP contribution in [0.3, 0.4) is 0 Å². The number of fused-ring (bicyclic) bond motifs is 1. The van der Waals surface area contributed by atoms with E-state index in [4.69, 9.17) is 11.7 Å². The van der Waals surface area contributed by atoms with E-state index >= 15 is 0 Å². The third-order valence-electron chi connectivity index (χ3n) is 3.08. The molecule has 0 bridgehead atoms. The Morgan fingerprint density at radius 3 is 2.74 bits per heavy atom. The summed E-state index contributed by atoms with van der Waals surface area (Å²) in [5.74, 6) is 0.831. The number of para-hydroxylation sites is 1. The third-order valence-corrected chi connectivity index (χ3v) is 3.08. The van der Waals surface area contributed by atoms with Gasteiger partial charge in [0.15, 0.2) is 0 Å². The van der Waals surface area contributed by atoms with Crippen LogP contribution in [0.15, 0.2) is 48.8 Å². The Morgan fingerprint density at radius 1 is 1.05 bits per heavy atom. The van der Waals surface area contributed by atoms with Gasteiger partial charge in [0, 0.05) is 17.9 Å². The van der Waals surface area contributed by atoms with E-state index < -0.39 is 0 Å². The summed E-state index contributed by atoms with van der Waals surface area (Å²) < 4.78 is 5.38. The molecule has 0 unspecified atom stereocenters. The monoisotopic (exact) mass is 248 g/mol. The van der Waals surface area contributed by atoms with E-state index in [1.165, 1.54) is 6.33 Å². The second kappa shape index (κ2) is 4.69. The normalized spacial score (nSPS) is 10.6. The Morgan fingerprint density at radius 2 is 1.89 bits per heavy atom. The van der Waals surface area contributed by atoms with Crippen LogP contribution < -0.4 is 4.74 Å². The average Bonchev–Trinajstić information content (AvgIpc) is 2.47. The highest BCUT2D eigenvalue weighted by Crippen LogP contribution is 2.31. The second-order valence-electron chi connectivity index (χ2n) is 4.19. The molecule has 0 saturated carbocycles. The van der Waals surface area contributed by atoms with Crippen molar-refractivity contribution in [1.82, 2.24) is 9.97 Å². The molecule has 0 atom stereocenters. The van der Waals surface area contributed by atoms with Gasteiger partial charge >= 0.3 is 0 Å². The molecular weight excluding hydrogens is 236 g/mol. The molecule has 3 nitrogen and oxygen atoms in total. The number of methoxy groups -OCH3 is 1. The topological polar surface area (TPSA) is 35.0 Å². The van der Waals surface area contributed by atoms with E-state index in [9.17, 15) is 0 Å². The SMILES string of the molecule is [CH]c1ncnc2ccc(-c3ccccc3OC)cc12. The molecule has 1 heterocycles. The molecule has 3 heteroatoms. The van der Waals surface area contributed by atoms with Gasteiger partial charge in [-0.05, 0) is 23.8 Å². The molecule has 2 aromatic carbocycles. The van der Waals surface area contributed by atoms with E-state index in [2.05, 4.69) is 9.97 Å². The summed E-state index contributed by atoms with van der Waals surface area (Å²) in [4.78, 5) is 8.22. The standard InChI is InChI=1S/C16H12N2O/c1-11-14-9-12(7-8-15(14)18-10-17-11)13-5-3-4-6-16(13)19-2/h1,3-10H,2H3. The zero-order valence-corrected chi connectivity index (χ0v) is 10.5. The summed E-state index contributed by atoms with van der Waals surface area (Å²) in [5.41, 5.74) is 3.38. The van der Waals surface area contributed by atoms with Gasteiger partial charge in [-0.15, -0.1) is 0 Å². The number of aromatic nitrogens is 2. The van der Waals surface area contributed by atoms with Crippen molar-refractivity contribution >= 4 is 10.9 Å². The highest BCUT2D eigenvalue weighted by atomic mass is 16.5. The van der Waals surface area contributed by atoms with Gasteiger partial charge in [-0.3, -0.25) is 0 Å². The van der Waals surface area contributed by atoms with Crippen LogP contribution in [0.2, 0.25) is 0 Å². The molecule has 3 rings (SSSR count). The molecule has 2 radical (unpaired) electrons. The Labute approximate surface area is 111 Å². The van der Waals surface area contributed by atoms with Crippen molar-refractivity contribution in [1.29, 1.82) is 0 Å². The molecule has 0 fully saturated rings. The molecule has 0 spiro atoms. The van der Waals surface area contributed by atoms with E-state index in [1.54, 1.807) is 7.11 Å². The van der Waals surface area contributed by atoms with Crippen molar-refractivity contribution in [3.05, 3.63) is 61.4 Å². The molecule has 0 aliphatic carbocycles. The maximum atomic E-state index is 5.89. The Balaban J connectivity index is 2.23. The van der Waals surface area contributed by atoms with Crippen LogP contribution in [0.1, 0.15) is 5.69 Å². The Kier molecular flexibility index (Phi) is 2.88. The van der Waals surface area contributed by atoms with E-state index in [-0.39, 0.29) is 0 Å². The fourth-order valence-corrected chi connectivity index (χ4v) is 2.13. The van der Waals surface area contributed by atoms with Crippen LogP contribution in [0.5, 0.6) is 5.75 Å². The van der Waals surface area contributed by atoms with Gasteiger partial charge in [0.2, 0.25) is 0 Å². The molecule has 92 valence electrons. The summed E-state index contributed by atoms with van der Waals surface area (Å²) in [7, 11) is 1.66. The smallest absolute Gasteiger partial charge is 0.126 e. The highest BCUT2D eigenvalue weighted by Gasteiger charge is 2.07. The predicted octanol–water partition coefficient (Wildman–Crippen LogP) is 3.36. The minimum atomic E-state index is 0.488. The Bertz CT molecular complexity index is 738. The van der Waals surface area contributed by atoms with Crippen LogP contribution in [0.25, 0.3) is 22.0 Å². The van der Waals surface area contributed by atoms with Crippen molar-refractivity contribution in [3.63, 3.8) is 0 Å². The number of benzene rings is 2.